The molecule has 1 saturated carbocycles. The van der Waals surface area contributed by atoms with Gasteiger partial charge in [-0.25, -0.2) is 14.2 Å². The zero-order valence-electron chi connectivity index (χ0n) is 19.7. The summed E-state index contributed by atoms with van der Waals surface area (Å²) in [7, 11) is 0. The lowest BCUT2D eigenvalue weighted by Gasteiger charge is -2.27. The van der Waals surface area contributed by atoms with Crippen molar-refractivity contribution in [1.82, 2.24) is 9.88 Å². The van der Waals surface area contributed by atoms with Gasteiger partial charge in [0.1, 0.15) is 18.0 Å². The van der Waals surface area contributed by atoms with E-state index in [2.05, 4.69) is 4.98 Å². The van der Waals surface area contributed by atoms with Crippen LogP contribution in [0, 0.1) is 5.82 Å². The van der Waals surface area contributed by atoms with E-state index in [0.717, 1.165) is 42.2 Å². The van der Waals surface area contributed by atoms with E-state index in [1.165, 1.54) is 12.1 Å². The van der Waals surface area contributed by atoms with E-state index >= 15 is 0 Å². The van der Waals surface area contributed by atoms with Gasteiger partial charge >= 0.3 is 6.09 Å². The second kappa shape index (κ2) is 10.2. The first-order valence-electron chi connectivity index (χ1n) is 11.9. The van der Waals surface area contributed by atoms with Crippen LogP contribution in [0.25, 0.3) is 16.5 Å². The Morgan fingerprint density at radius 3 is 2.81 bits per heavy atom. The molecule has 5 rings (SSSR count). The summed E-state index contributed by atoms with van der Waals surface area (Å²) in [5.74, 6) is -0.250. The standard InChI is InChI=1S/C26H26Cl2FN3O4/c1-14(21-19(27)6-7-20(29)22(21)28)35-24-23-17(12-31-25(24)30)18(13-34-23)15-8-10-32(11-9-15)26(33)36-16-4-2-3-5-16/h6-8,12-14,16H,2-5,9-11H2,1H3,(H2,30,31)/t14-/m1/s1. The predicted molar refractivity (Wildman–Crippen MR) is 137 cm³/mol. The van der Waals surface area contributed by atoms with Gasteiger partial charge in [0.05, 0.1) is 16.7 Å². The van der Waals surface area contributed by atoms with Gasteiger partial charge in [0.25, 0.3) is 0 Å². The normalized spacial score (nSPS) is 17.3. The fourth-order valence-electron chi connectivity index (χ4n) is 4.80. The Balaban J connectivity index is 1.37. The number of nitrogen functional groups attached to an aromatic ring is 1. The van der Waals surface area contributed by atoms with Crippen LogP contribution in [-0.4, -0.2) is 35.2 Å². The number of fused-ring (bicyclic) bond motifs is 1. The zero-order valence-corrected chi connectivity index (χ0v) is 21.2. The van der Waals surface area contributed by atoms with E-state index in [-0.39, 0.29) is 33.8 Å². The van der Waals surface area contributed by atoms with Crippen molar-refractivity contribution in [1.29, 1.82) is 0 Å². The minimum Gasteiger partial charge on any atom is -0.478 e. The molecule has 7 nitrogen and oxygen atoms in total. The molecule has 0 bridgehead atoms. The Bertz CT molecular complexity index is 1340. The molecule has 1 amide bonds. The molecule has 3 aromatic rings. The number of nitrogens with two attached hydrogens (primary N) is 1. The number of anilines is 1. The number of hydrogen-bond donors (Lipinski definition) is 1. The largest absolute Gasteiger partial charge is 0.478 e. The SMILES string of the molecule is C[C@@H](Oc1c(N)ncc2c(C3=CCN(C(=O)OC4CCCC4)CC3)coc12)c1c(Cl)ccc(F)c1Cl. The fraction of sp³-hybridized carbons (Fsp3) is 0.385. The molecule has 1 aliphatic carbocycles. The lowest BCUT2D eigenvalue weighted by molar-refractivity contribution is 0.0682. The molecule has 190 valence electrons. The van der Waals surface area contributed by atoms with Crippen molar-refractivity contribution < 1.29 is 23.1 Å². The van der Waals surface area contributed by atoms with Crippen LogP contribution in [0.3, 0.4) is 0 Å². The minimum atomic E-state index is -0.725. The number of aromatic nitrogens is 1. The molecule has 0 unspecified atom stereocenters. The van der Waals surface area contributed by atoms with Crippen molar-refractivity contribution in [2.24, 2.45) is 0 Å². The summed E-state index contributed by atoms with van der Waals surface area (Å²) in [6.45, 7) is 2.69. The van der Waals surface area contributed by atoms with Gasteiger partial charge in [0.2, 0.25) is 5.75 Å². The number of benzene rings is 1. The number of halogens is 3. The summed E-state index contributed by atoms with van der Waals surface area (Å²) in [4.78, 5) is 18.5. The molecule has 1 aliphatic heterocycles. The second-order valence-corrected chi connectivity index (χ2v) is 9.88. The quantitative estimate of drug-likeness (QED) is 0.349. The van der Waals surface area contributed by atoms with Gasteiger partial charge in [-0.1, -0.05) is 29.3 Å². The summed E-state index contributed by atoms with van der Waals surface area (Å²) in [6.07, 6.45) is 9.05. The third kappa shape index (κ3) is 4.72. The minimum absolute atomic E-state index is 0.0372. The van der Waals surface area contributed by atoms with Crippen LogP contribution >= 0.6 is 23.2 Å². The van der Waals surface area contributed by atoms with Crippen molar-refractivity contribution in [3.63, 3.8) is 0 Å². The highest BCUT2D eigenvalue weighted by Gasteiger charge is 2.27. The van der Waals surface area contributed by atoms with Crippen molar-refractivity contribution in [3.05, 3.63) is 57.7 Å². The zero-order chi connectivity index (χ0) is 25.4. The molecule has 2 aliphatic rings. The molecule has 1 aromatic carbocycles. The Kier molecular flexibility index (Phi) is 6.99. The predicted octanol–water partition coefficient (Wildman–Crippen LogP) is 7.16. The molecule has 0 radical (unpaired) electrons. The first-order valence-corrected chi connectivity index (χ1v) is 12.7. The lowest BCUT2D eigenvalue weighted by Crippen LogP contribution is -2.36. The lowest BCUT2D eigenvalue weighted by atomic mass is 9.99. The Morgan fingerprint density at radius 1 is 1.31 bits per heavy atom. The maximum absolute atomic E-state index is 14.0. The van der Waals surface area contributed by atoms with Gasteiger partial charge in [-0.3, -0.25) is 0 Å². The molecule has 2 N–H and O–H groups in total. The van der Waals surface area contributed by atoms with Crippen LogP contribution in [-0.2, 0) is 4.74 Å². The third-order valence-corrected chi connectivity index (χ3v) is 7.48. The molecule has 1 atom stereocenters. The first kappa shape index (κ1) is 24.7. The van der Waals surface area contributed by atoms with E-state index in [0.29, 0.717) is 30.7 Å². The van der Waals surface area contributed by atoms with Crippen molar-refractivity contribution in [3.8, 4) is 5.75 Å². The molecule has 1 fully saturated rings. The molecule has 10 heteroatoms. The summed E-state index contributed by atoms with van der Waals surface area (Å²) in [5.41, 5.74) is 8.71. The van der Waals surface area contributed by atoms with Crippen LogP contribution in [0.4, 0.5) is 15.0 Å². The van der Waals surface area contributed by atoms with E-state index in [1.54, 1.807) is 24.3 Å². The van der Waals surface area contributed by atoms with Gasteiger partial charge < -0.3 is 24.5 Å². The molecule has 3 heterocycles. The van der Waals surface area contributed by atoms with E-state index in [1.807, 2.05) is 6.08 Å². The smallest absolute Gasteiger partial charge is 0.410 e. The Hall–Kier alpha value is -2.97. The highest BCUT2D eigenvalue weighted by molar-refractivity contribution is 6.36. The number of rotatable bonds is 5. The molecule has 36 heavy (non-hydrogen) atoms. The van der Waals surface area contributed by atoms with Crippen molar-refractivity contribution >= 4 is 51.7 Å². The van der Waals surface area contributed by atoms with Crippen LogP contribution in [0.2, 0.25) is 10.0 Å². The van der Waals surface area contributed by atoms with Crippen molar-refractivity contribution in [2.75, 3.05) is 18.8 Å². The van der Waals surface area contributed by atoms with Crippen LogP contribution in [0.15, 0.2) is 35.1 Å². The maximum atomic E-state index is 14.0. The molecule has 2 aromatic heterocycles. The molecule has 0 spiro atoms. The summed E-state index contributed by atoms with van der Waals surface area (Å²) in [6, 6.07) is 2.62. The third-order valence-electron chi connectivity index (χ3n) is 6.76. The first-order chi connectivity index (χ1) is 17.3. The van der Waals surface area contributed by atoms with Crippen LogP contribution < -0.4 is 10.5 Å². The average molecular weight is 534 g/mol. The number of ether oxygens (including phenoxy) is 2. The van der Waals surface area contributed by atoms with Gasteiger partial charge in [0.15, 0.2) is 11.4 Å². The number of hydrogen-bond acceptors (Lipinski definition) is 6. The number of amides is 1. The number of furan rings is 1. The van der Waals surface area contributed by atoms with Gasteiger partial charge in [-0.2, -0.15) is 0 Å². The van der Waals surface area contributed by atoms with E-state index < -0.39 is 11.9 Å². The van der Waals surface area contributed by atoms with Crippen molar-refractivity contribution in [2.45, 2.75) is 51.2 Å². The Labute approximate surface area is 217 Å². The molecular formula is C26H26Cl2FN3O4. The van der Waals surface area contributed by atoms with Gasteiger partial charge in [-0.15, -0.1) is 0 Å². The monoisotopic (exact) mass is 533 g/mol. The van der Waals surface area contributed by atoms with E-state index in [9.17, 15) is 9.18 Å². The number of nitrogens with zero attached hydrogens (tertiary/aromatic N) is 2. The van der Waals surface area contributed by atoms with Gasteiger partial charge in [0, 0.05) is 35.4 Å². The number of pyridine rings is 1. The molecule has 0 saturated heterocycles. The summed E-state index contributed by atoms with van der Waals surface area (Å²) < 4.78 is 31.6. The molecular weight excluding hydrogens is 508 g/mol. The highest BCUT2D eigenvalue weighted by atomic mass is 35.5. The van der Waals surface area contributed by atoms with Gasteiger partial charge in [-0.05, 0) is 56.7 Å². The number of carbonyl (C=O) groups is 1. The topological polar surface area (TPSA) is 90.8 Å². The average Bonchev–Trinajstić information content (AvgIpc) is 3.54. The Morgan fingerprint density at radius 2 is 2.08 bits per heavy atom. The summed E-state index contributed by atoms with van der Waals surface area (Å²) >= 11 is 12.4. The van der Waals surface area contributed by atoms with E-state index in [4.69, 9.17) is 42.8 Å². The fourth-order valence-corrected chi connectivity index (χ4v) is 5.47. The maximum Gasteiger partial charge on any atom is 0.410 e. The second-order valence-electron chi connectivity index (χ2n) is 9.10. The van der Waals surface area contributed by atoms with Crippen LogP contribution in [0.1, 0.15) is 56.3 Å². The highest BCUT2D eigenvalue weighted by Crippen LogP contribution is 2.41. The van der Waals surface area contributed by atoms with Crippen LogP contribution in [0.5, 0.6) is 5.75 Å². The number of carbonyl (C=O) groups excluding carboxylic acids is 1. The summed E-state index contributed by atoms with van der Waals surface area (Å²) in [5, 5.41) is 0.879.